The van der Waals surface area contributed by atoms with E-state index in [1.165, 1.54) is 0 Å². The van der Waals surface area contributed by atoms with Gasteiger partial charge in [-0.15, -0.1) is 0 Å². The molecule has 0 aromatic rings. The summed E-state index contributed by atoms with van der Waals surface area (Å²) >= 11 is 0. The maximum atomic E-state index is 13.3. The molecule has 7 nitrogen and oxygen atoms in total. The van der Waals surface area contributed by atoms with Crippen LogP contribution >= 0.6 is 0 Å². The number of carbonyl (C=O) groups excluding carboxylic acids is 2. The molecule has 0 heterocycles. The van der Waals surface area contributed by atoms with E-state index in [0.717, 1.165) is 12.5 Å². The van der Waals surface area contributed by atoms with Crippen molar-refractivity contribution in [3.8, 4) is 0 Å². The van der Waals surface area contributed by atoms with Crippen molar-refractivity contribution in [2.45, 2.75) is 72.5 Å². The third-order valence-corrected chi connectivity index (χ3v) is 7.59. The first-order valence-corrected chi connectivity index (χ1v) is 11.6. The van der Waals surface area contributed by atoms with Gasteiger partial charge < -0.3 is 20.1 Å². The molecule has 0 spiro atoms. The molecule has 3 N–H and O–H groups in total. The quantitative estimate of drug-likeness (QED) is 0.280. The van der Waals surface area contributed by atoms with Crippen LogP contribution in [0.3, 0.4) is 0 Å². The van der Waals surface area contributed by atoms with Crippen LogP contribution in [0.4, 0.5) is 0 Å². The molecule has 0 radical (unpaired) electrons. The summed E-state index contributed by atoms with van der Waals surface area (Å²) in [5.41, 5.74) is -0.361. The second-order valence-corrected chi connectivity index (χ2v) is 9.82. The van der Waals surface area contributed by atoms with Crippen LogP contribution in [-0.4, -0.2) is 51.9 Å². The van der Waals surface area contributed by atoms with Crippen molar-refractivity contribution >= 4 is 17.7 Å². The average Bonchev–Trinajstić information content (AvgIpc) is 2.70. The van der Waals surface area contributed by atoms with Gasteiger partial charge in [0.2, 0.25) is 0 Å². The smallest absolute Gasteiger partial charge is 0.331 e. The van der Waals surface area contributed by atoms with E-state index < -0.39 is 29.6 Å². The lowest BCUT2D eigenvalue weighted by Crippen LogP contribution is -2.58. The molecule has 2 rings (SSSR count). The topological polar surface area (TPSA) is 121 Å². The average molecular weight is 451 g/mol. The van der Waals surface area contributed by atoms with Gasteiger partial charge in [-0.2, -0.15) is 0 Å². The van der Waals surface area contributed by atoms with Gasteiger partial charge in [0.05, 0.1) is 12.5 Å². The summed E-state index contributed by atoms with van der Waals surface area (Å²) in [6.07, 6.45) is 4.59. The summed E-state index contributed by atoms with van der Waals surface area (Å²) in [5, 5.41) is 29.4. The molecular weight excluding hydrogens is 412 g/mol. The number of Topliss-reactive ketones (excluding diaryl/α,β-unsaturated/α-hetero) is 1. The lowest BCUT2D eigenvalue weighted by atomic mass is 9.49. The second-order valence-electron chi connectivity index (χ2n) is 9.82. The SMILES string of the molecule is CC[C@@H](C)C1C=C[C@H]2[C@H](O)[C@H](OC(=O)/C=C(\C)CC(=O)O)C[C@@H](C)[C@@H]2[C@@]1(C)C(=O)CCO. The summed E-state index contributed by atoms with van der Waals surface area (Å²) in [7, 11) is 0. The molecule has 8 atom stereocenters. The maximum absolute atomic E-state index is 13.3. The van der Waals surface area contributed by atoms with Gasteiger partial charge in [-0.05, 0) is 37.0 Å². The van der Waals surface area contributed by atoms with Crippen LogP contribution in [0.1, 0.15) is 60.3 Å². The molecule has 2 aliphatic rings. The lowest BCUT2D eigenvalue weighted by molar-refractivity contribution is -0.171. The Kier molecular flexibility index (Phi) is 8.82. The number of esters is 1. The minimum Gasteiger partial charge on any atom is -0.481 e. The number of ketones is 1. The minimum absolute atomic E-state index is 0.00292. The molecule has 0 aromatic carbocycles. The molecule has 2 aliphatic carbocycles. The Bertz CT molecular complexity index is 770. The van der Waals surface area contributed by atoms with Crippen molar-refractivity contribution in [3.05, 3.63) is 23.8 Å². The number of aliphatic hydroxyl groups is 2. The molecule has 7 heteroatoms. The fourth-order valence-corrected chi connectivity index (χ4v) is 5.96. The Morgan fingerprint density at radius 3 is 2.50 bits per heavy atom. The summed E-state index contributed by atoms with van der Waals surface area (Å²) in [6, 6.07) is 0. The van der Waals surface area contributed by atoms with E-state index in [1.807, 2.05) is 26.0 Å². The predicted molar refractivity (Wildman–Crippen MR) is 120 cm³/mol. The van der Waals surface area contributed by atoms with Gasteiger partial charge in [0.15, 0.2) is 0 Å². The number of carbonyl (C=O) groups is 3. The highest BCUT2D eigenvalue weighted by molar-refractivity contribution is 5.86. The van der Waals surface area contributed by atoms with Crippen LogP contribution in [0.25, 0.3) is 0 Å². The Balaban J connectivity index is 2.32. The van der Waals surface area contributed by atoms with Gasteiger partial charge >= 0.3 is 11.9 Å². The molecular formula is C25H38O7. The van der Waals surface area contributed by atoms with Crippen molar-refractivity contribution in [3.63, 3.8) is 0 Å². The van der Waals surface area contributed by atoms with Crippen LogP contribution in [0.5, 0.6) is 0 Å². The number of aliphatic carboxylic acids is 1. The first-order chi connectivity index (χ1) is 15.0. The Labute approximate surface area is 190 Å². The van der Waals surface area contributed by atoms with Gasteiger partial charge in [0, 0.05) is 30.4 Å². The molecule has 0 saturated heterocycles. The molecule has 0 aromatic heterocycles. The first-order valence-electron chi connectivity index (χ1n) is 11.6. The van der Waals surface area contributed by atoms with Gasteiger partial charge in [0.1, 0.15) is 11.9 Å². The zero-order chi connectivity index (χ0) is 24.2. The number of hydrogen-bond acceptors (Lipinski definition) is 6. The summed E-state index contributed by atoms with van der Waals surface area (Å²) < 4.78 is 5.53. The van der Waals surface area contributed by atoms with Gasteiger partial charge in [-0.25, -0.2) is 4.79 Å². The van der Waals surface area contributed by atoms with E-state index in [-0.39, 0.29) is 54.8 Å². The van der Waals surface area contributed by atoms with Gasteiger partial charge in [-0.3, -0.25) is 9.59 Å². The molecule has 1 saturated carbocycles. The van der Waals surface area contributed by atoms with E-state index in [9.17, 15) is 24.6 Å². The fraction of sp³-hybridized carbons (Fsp3) is 0.720. The third-order valence-electron chi connectivity index (χ3n) is 7.59. The van der Waals surface area contributed by atoms with Gasteiger partial charge in [0.25, 0.3) is 0 Å². The molecule has 0 bridgehead atoms. The number of hydrogen-bond donors (Lipinski definition) is 3. The Hall–Kier alpha value is -1.99. The number of rotatable bonds is 9. The van der Waals surface area contributed by atoms with Gasteiger partial charge in [-0.1, -0.05) is 51.8 Å². The fourth-order valence-electron chi connectivity index (χ4n) is 5.96. The summed E-state index contributed by atoms with van der Waals surface area (Å²) in [6.45, 7) is 9.55. The maximum Gasteiger partial charge on any atom is 0.331 e. The second kappa shape index (κ2) is 10.8. The molecule has 32 heavy (non-hydrogen) atoms. The van der Waals surface area contributed by atoms with Crippen LogP contribution < -0.4 is 0 Å². The number of fused-ring (bicyclic) bond motifs is 1. The number of allylic oxidation sites excluding steroid dienone is 1. The van der Waals surface area contributed by atoms with Crippen LogP contribution in [0.2, 0.25) is 0 Å². The number of aliphatic hydroxyl groups excluding tert-OH is 2. The van der Waals surface area contributed by atoms with E-state index in [0.29, 0.717) is 12.0 Å². The Morgan fingerprint density at radius 2 is 1.94 bits per heavy atom. The lowest BCUT2D eigenvalue weighted by Gasteiger charge is -2.55. The number of carboxylic acid groups (broad SMARTS) is 1. The van der Waals surface area contributed by atoms with E-state index in [2.05, 4.69) is 13.8 Å². The van der Waals surface area contributed by atoms with Crippen molar-refractivity contribution in [1.82, 2.24) is 0 Å². The van der Waals surface area contributed by atoms with Crippen LogP contribution in [0, 0.1) is 35.0 Å². The minimum atomic E-state index is -1.03. The van der Waals surface area contributed by atoms with E-state index >= 15 is 0 Å². The first kappa shape index (κ1) is 26.3. The normalized spacial score (nSPS) is 35.7. The molecule has 0 aliphatic heterocycles. The van der Waals surface area contributed by atoms with E-state index in [1.54, 1.807) is 6.92 Å². The van der Waals surface area contributed by atoms with E-state index in [4.69, 9.17) is 9.84 Å². The predicted octanol–water partition coefficient (Wildman–Crippen LogP) is 3.14. The monoisotopic (exact) mass is 450 g/mol. The molecule has 0 amide bonds. The molecule has 1 unspecified atom stereocenters. The van der Waals surface area contributed by atoms with Crippen molar-refractivity contribution < 1.29 is 34.4 Å². The largest absolute Gasteiger partial charge is 0.481 e. The third kappa shape index (κ3) is 5.31. The summed E-state index contributed by atoms with van der Waals surface area (Å²) in [4.78, 5) is 36.4. The highest BCUT2D eigenvalue weighted by Gasteiger charge is 2.57. The van der Waals surface area contributed by atoms with Crippen molar-refractivity contribution in [1.29, 1.82) is 0 Å². The highest BCUT2D eigenvalue weighted by Crippen LogP contribution is 2.56. The van der Waals surface area contributed by atoms with Crippen LogP contribution in [0.15, 0.2) is 23.8 Å². The standard InChI is InChI=1S/C25H38O7/c1-6-15(3)18-8-7-17-23(25(18,5)20(27)9-10-26)16(4)13-19(24(17)31)32-22(30)12-14(2)11-21(28)29/h7-8,12,15-19,23-24,26,31H,6,9-11,13H2,1-5H3,(H,28,29)/b14-12+/t15-,16-,17-,18?,19-,23+,24+,25-/m1/s1. The molecule has 180 valence electrons. The zero-order valence-electron chi connectivity index (χ0n) is 19.8. The number of carboxylic acids is 1. The Morgan fingerprint density at radius 1 is 1.28 bits per heavy atom. The number of ether oxygens (including phenoxy) is 1. The summed E-state index contributed by atoms with van der Waals surface area (Å²) in [5.74, 6) is -1.93. The van der Waals surface area contributed by atoms with Crippen LogP contribution in [-0.2, 0) is 19.1 Å². The van der Waals surface area contributed by atoms with Crippen molar-refractivity contribution in [2.24, 2.45) is 35.0 Å². The molecule has 1 fully saturated rings. The van der Waals surface area contributed by atoms with Crippen molar-refractivity contribution in [2.75, 3.05) is 6.61 Å². The zero-order valence-corrected chi connectivity index (χ0v) is 19.8. The highest BCUT2D eigenvalue weighted by atomic mass is 16.6.